The number of aliphatic hydroxyl groups is 1. The highest BCUT2D eigenvalue weighted by molar-refractivity contribution is 5.95. The summed E-state index contributed by atoms with van der Waals surface area (Å²) in [6.07, 6.45) is 0.0859. The van der Waals surface area contributed by atoms with Crippen molar-refractivity contribution >= 4 is 12.0 Å². The number of amides is 2. The smallest absolute Gasteiger partial charge is 0.410 e. The highest BCUT2D eigenvalue weighted by atomic mass is 19.1. The first-order valence-corrected chi connectivity index (χ1v) is 14.3. The van der Waals surface area contributed by atoms with Gasteiger partial charge in [-0.1, -0.05) is 18.2 Å². The molecule has 42 heavy (non-hydrogen) atoms. The lowest BCUT2D eigenvalue weighted by molar-refractivity contribution is -0.00663. The van der Waals surface area contributed by atoms with Gasteiger partial charge < -0.3 is 33.9 Å². The molecule has 2 aromatic carbocycles. The van der Waals surface area contributed by atoms with Gasteiger partial charge in [0.1, 0.15) is 11.4 Å². The molecule has 3 rings (SSSR count). The molecule has 0 radical (unpaired) electrons. The summed E-state index contributed by atoms with van der Waals surface area (Å²) < 4.78 is 36.6. The van der Waals surface area contributed by atoms with Crippen LogP contribution >= 0.6 is 0 Å². The van der Waals surface area contributed by atoms with E-state index in [1.165, 1.54) is 18.1 Å². The second-order valence-corrected chi connectivity index (χ2v) is 12.0. The van der Waals surface area contributed by atoms with E-state index in [2.05, 4.69) is 0 Å². The average molecular weight is 589 g/mol. The Bertz CT molecular complexity index is 1220. The van der Waals surface area contributed by atoms with Crippen LogP contribution in [0.3, 0.4) is 0 Å². The predicted octanol–water partition coefficient (Wildman–Crippen LogP) is 4.94. The van der Waals surface area contributed by atoms with Crippen molar-refractivity contribution in [2.75, 3.05) is 47.1 Å². The van der Waals surface area contributed by atoms with Crippen molar-refractivity contribution in [3.05, 3.63) is 59.4 Å². The number of carbonyl (C=O) groups is 2. The Balaban J connectivity index is 1.89. The summed E-state index contributed by atoms with van der Waals surface area (Å²) in [4.78, 5) is 30.0. The lowest BCUT2D eigenvalue weighted by atomic mass is 9.84. The number of methoxy groups -OCH3 is 2. The van der Waals surface area contributed by atoms with Gasteiger partial charge in [-0.25, -0.2) is 9.18 Å². The Labute approximate surface area is 248 Å². The Kier molecular flexibility index (Phi) is 11.2. The molecule has 2 atom stereocenters. The summed E-state index contributed by atoms with van der Waals surface area (Å²) in [6, 6.07) is 11.0. The van der Waals surface area contributed by atoms with Gasteiger partial charge in [0.15, 0.2) is 11.5 Å². The van der Waals surface area contributed by atoms with Crippen LogP contribution in [0.2, 0.25) is 0 Å². The second-order valence-electron chi connectivity index (χ2n) is 12.0. The summed E-state index contributed by atoms with van der Waals surface area (Å²) >= 11 is 0. The largest absolute Gasteiger partial charge is 0.493 e. The third-order valence-electron chi connectivity index (χ3n) is 7.23. The number of rotatable bonds is 12. The summed E-state index contributed by atoms with van der Waals surface area (Å²) in [5.41, 5.74) is -1.49. The van der Waals surface area contributed by atoms with Gasteiger partial charge in [-0.2, -0.15) is 0 Å². The molecule has 2 aromatic rings. The average Bonchev–Trinajstić information content (AvgIpc) is 3.25. The normalized spacial score (nSPS) is 18.7. The Hall–Kier alpha value is -3.37. The van der Waals surface area contributed by atoms with Crippen molar-refractivity contribution in [1.29, 1.82) is 0 Å². The van der Waals surface area contributed by atoms with Crippen LogP contribution in [0.25, 0.3) is 0 Å². The molecular weight excluding hydrogens is 543 g/mol. The van der Waals surface area contributed by atoms with Crippen LogP contribution in [0.4, 0.5) is 9.18 Å². The van der Waals surface area contributed by atoms with Crippen LogP contribution in [0.1, 0.15) is 57.0 Å². The molecular formula is C32H45FN2O7. The lowest BCUT2D eigenvalue weighted by Crippen LogP contribution is -2.49. The van der Waals surface area contributed by atoms with Crippen LogP contribution in [0.5, 0.6) is 11.5 Å². The van der Waals surface area contributed by atoms with Gasteiger partial charge in [0.05, 0.1) is 25.9 Å². The molecule has 9 nitrogen and oxygen atoms in total. The van der Waals surface area contributed by atoms with Gasteiger partial charge in [-0.3, -0.25) is 4.79 Å². The molecule has 0 bridgehead atoms. The SMILES string of the molecule is COCCCOc1cc(C(=O)N(C[C@@H]2CN(C(=O)OC(C)(C)C)C[C@@]2(O)Cc2ccccc2F)C(C)C)ccc1OC. The third kappa shape index (κ3) is 8.58. The van der Waals surface area contributed by atoms with Gasteiger partial charge in [0.2, 0.25) is 0 Å². The van der Waals surface area contributed by atoms with E-state index in [-0.39, 0.29) is 38.0 Å². The molecule has 0 unspecified atom stereocenters. The minimum atomic E-state index is -1.50. The summed E-state index contributed by atoms with van der Waals surface area (Å²) in [5, 5.41) is 12.0. The van der Waals surface area contributed by atoms with E-state index in [4.69, 9.17) is 18.9 Å². The molecule has 1 aliphatic heterocycles. The van der Waals surface area contributed by atoms with E-state index in [9.17, 15) is 19.1 Å². The number of hydrogen-bond donors (Lipinski definition) is 1. The molecule has 1 N–H and O–H groups in total. The van der Waals surface area contributed by atoms with Crippen molar-refractivity contribution in [2.45, 2.75) is 64.7 Å². The maximum atomic E-state index is 14.7. The molecule has 232 valence electrons. The topological polar surface area (TPSA) is 97.8 Å². The first kappa shape index (κ1) is 33.1. The number of halogens is 1. The quantitative estimate of drug-likeness (QED) is 0.351. The zero-order chi connectivity index (χ0) is 31.1. The molecule has 0 saturated carbocycles. The summed E-state index contributed by atoms with van der Waals surface area (Å²) in [5.74, 6) is -0.329. The van der Waals surface area contributed by atoms with Crippen molar-refractivity contribution in [1.82, 2.24) is 9.80 Å². The van der Waals surface area contributed by atoms with Crippen LogP contribution < -0.4 is 9.47 Å². The molecule has 10 heteroatoms. The zero-order valence-electron chi connectivity index (χ0n) is 25.8. The van der Waals surface area contributed by atoms with E-state index < -0.39 is 29.0 Å². The molecule has 2 amide bonds. The maximum absolute atomic E-state index is 14.7. The summed E-state index contributed by atoms with van der Waals surface area (Å²) in [7, 11) is 3.15. The third-order valence-corrected chi connectivity index (χ3v) is 7.23. The van der Waals surface area contributed by atoms with Gasteiger partial charge in [-0.15, -0.1) is 0 Å². The molecule has 1 fully saturated rings. The van der Waals surface area contributed by atoms with Crippen molar-refractivity contribution in [3.8, 4) is 11.5 Å². The minimum Gasteiger partial charge on any atom is -0.493 e. The number of likely N-dealkylation sites (tertiary alicyclic amines) is 1. The van der Waals surface area contributed by atoms with Crippen molar-refractivity contribution < 1.29 is 38.0 Å². The standard InChI is InChI=1S/C32H45FN2O7/c1-22(2)35(29(36)23-13-14-27(40-7)28(17-23)41-16-10-15-39-6)20-25-19-34(30(37)42-31(3,4)5)21-32(25,38)18-24-11-8-9-12-26(24)33/h8-9,11-14,17,22,25,38H,10,15-16,18-21H2,1-7H3/t25-,32-/m0/s1. The Morgan fingerprint density at radius 2 is 1.83 bits per heavy atom. The molecule has 0 aromatic heterocycles. The number of carbonyl (C=O) groups excluding carboxylic acids is 2. The first-order valence-electron chi connectivity index (χ1n) is 14.3. The number of nitrogens with zero attached hydrogens (tertiary/aromatic N) is 2. The lowest BCUT2D eigenvalue weighted by Gasteiger charge is -2.35. The van der Waals surface area contributed by atoms with Gasteiger partial charge >= 0.3 is 6.09 Å². The number of β-amino-alcohol motifs (C(OH)–C–C–N with tert-alkyl or cyclic N) is 1. The van der Waals surface area contributed by atoms with Gasteiger partial charge in [0, 0.05) is 57.2 Å². The fraction of sp³-hybridized carbons (Fsp3) is 0.562. The fourth-order valence-electron chi connectivity index (χ4n) is 5.06. The fourth-order valence-corrected chi connectivity index (χ4v) is 5.06. The monoisotopic (exact) mass is 588 g/mol. The first-order chi connectivity index (χ1) is 19.8. The molecule has 1 saturated heterocycles. The van der Waals surface area contributed by atoms with Crippen LogP contribution in [-0.2, 0) is 15.9 Å². The minimum absolute atomic E-state index is 0.0221. The highest BCUT2D eigenvalue weighted by Crippen LogP contribution is 2.35. The van der Waals surface area contributed by atoms with Crippen LogP contribution in [-0.4, -0.2) is 91.2 Å². The number of ether oxygens (including phenoxy) is 4. The molecule has 0 aliphatic carbocycles. The van der Waals surface area contributed by atoms with Crippen LogP contribution in [0, 0.1) is 11.7 Å². The highest BCUT2D eigenvalue weighted by Gasteiger charge is 2.49. The Morgan fingerprint density at radius 1 is 1.12 bits per heavy atom. The van der Waals surface area contributed by atoms with Crippen molar-refractivity contribution in [3.63, 3.8) is 0 Å². The number of hydrogen-bond acceptors (Lipinski definition) is 7. The van der Waals surface area contributed by atoms with Crippen molar-refractivity contribution in [2.24, 2.45) is 5.92 Å². The Morgan fingerprint density at radius 3 is 2.45 bits per heavy atom. The zero-order valence-corrected chi connectivity index (χ0v) is 25.8. The van der Waals surface area contributed by atoms with Crippen LogP contribution in [0.15, 0.2) is 42.5 Å². The van der Waals surface area contributed by atoms with E-state index >= 15 is 0 Å². The second kappa shape index (κ2) is 14.2. The predicted molar refractivity (Wildman–Crippen MR) is 158 cm³/mol. The van der Waals surface area contributed by atoms with E-state index in [1.807, 2.05) is 13.8 Å². The molecule has 1 aliphatic rings. The maximum Gasteiger partial charge on any atom is 0.410 e. The number of benzene rings is 2. The molecule has 1 heterocycles. The summed E-state index contributed by atoms with van der Waals surface area (Å²) in [6.45, 7) is 10.3. The van der Waals surface area contributed by atoms with E-state index in [0.717, 1.165) is 0 Å². The van der Waals surface area contributed by atoms with E-state index in [0.29, 0.717) is 42.3 Å². The van der Waals surface area contributed by atoms with Gasteiger partial charge in [-0.05, 0) is 64.4 Å². The van der Waals surface area contributed by atoms with E-state index in [1.54, 1.807) is 69.2 Å². The molecule has 0 spiro atoms. The van der Waals surface area contributed by atoms with Gasteiger partial charge in [0.25, 0.3) is 5.91 Å².